The third-order valence-electron chi connectivity index (χ3n) is 4.99. The second kappa shape index (κ2) is 7.20. The Morgan fingerprint density at radius 1 is 1.30 bits per heavy atom. The summed E-state index contributed by atoms with van der Waals surface area (Å²) in [6.45, 7) is 1.89. The van der Waals surface area contributed by atoms with Crippen molar-refractivity contribution < 1.29 is 14.6 Å². The fourth-order valence-corrected chi connectivity index (χ4v) is 3.84. The zero-order chi connectivity index (χ0) is 16.3. The molecule has 1 unspecified atom stereocenters. The minimum absolute atomic E-state index is 0.0700. The summed E-state index contributed by atoms with van der Waals surface area (Å²) in [5.41, 5.74) is -0.166. The van der Waals surface area contributed by atoms with Gasteiger partial charge >= 0.3 is 0 Å². The van der Waals surface area contributed by atoms with Crippen LogP contribution < -0.4 is 0 Å². The van der Waals surface area contributed by atoms with E-state index in [0.29, 0.717) is 37.4 Å². The normalized spacial score (nSPS) is 24.4. The molecule has 2 saturated heterocycles. The molecule has 1 aromatic carbocycles. The molecule has 1 atom stereocenters. The highest BCUT2D eigenvalue weighted by Crippen LogP contribution is 2.36. The summed E-state index contributed by atoms with van der Waals surface area (Å²) >= 11 is 6.22. The van der Waals surface area contributed by atoms with Gasteiger partial charge in [-0.2, -0.15) is 0 Å². The second-order valence-electron chi connectivity index (χ2n) is 6.58. The van der Waals surface area contributed by atoms with E-state index >= 15 is 0 Å². The van der Waals surface area contributed by atoms with Gasteiger partial charge in [-0.25, -0.2) is 0 Å². The maximum atomic E-state index is 12.4. The lowest BCUT2D eigenvalue weighted by atomic mass is 9.84. The summed E-state index contributed by atoms with van der Waals surface area (Å²) in [4.78, 5) is 14.3. The lowest BCUT2D eigenvalue weighted by Crippen LogP contribution is -2.46. The van der Waals surface area contributed by atoms with Crippen LogP contribution in [0.4, 0.5) is 0 Å². The van der Waals surface area contributed by atoms with Gasteiger partial charge in [0.1, 0.15) is 0 Å². The molecule has 0 bridgehead atoms. The van der Waals surface area contributed by atoms with Gasteiger partial charge < -0.3 is 14.7 Å². The molecule has 2 heterocycles. The first-order valence-corrected chi connectivity index (χ1v) is 8.83. The largest absolute Gasteiger partial charge is 0.385 e. The summed E-state index contributed by atoms with van der Waals surface area (Å²) in [6, 6.07) is 7.41. The van der Waals surface area contributed by atoms with Crippen molar-refractivity contribution in [2.75, 3.05) is 19.7 Å². The average molecular weight is 338 g/mol. The van der Waals surface area contributed by atoms with Gasteiger partial charge in [0, 0.05) is 30.3 Å². The van der Waals surface area contributed by atoms with Crippen molar-refractivity contribution in [1.29, 1.82) is 0 Å². The van der Waals surface area contributed by atoms with Gasteiger partial charge in [-0.15, -0.1) is 0 Å². The van der Waals surface area contributed by atoms with E-state index in [9.17, 15) is 9.90 Å². The molecule has 5 heteroatoms. The molecular weight excluding hydrogens is 314 g/mol. The van der Waals surface area contributed by atoms with Gasteiger partial charge in [-0.3, -0.25) is 4.79 Å². The highest BCUT2D eigenvalue weighted by molar-refractivity contribution is 6.31. The van der Waals surface area contributed by atoms with Gasteiger partial charge in [0.25, 0.3) is 0 Å². The molecule has 0 aliphatic carbocycles. The first-order valence-electron chi connectivity index (χ1n) is 8.45. The monoisotopic (exact) mass is 337 g/mol. The maximum absolute atomic E-state index is 12.4. The third kappa shape index (κ3) is 3.87. The van der Waals surface area contributed by atoms with E-state index in [-0.39, 0.29) is 12.0 Å². The first-order chi connectivity index (χ1) is 11.1. The number of benzene rings is 1. The van der Waals surface area contributed by atoms with Gasteiger partial charge in [0.05, 0.1) is 18.1 Å². The summed E-state index contributed by atoms with van der Waals surface area (Å²) < 4.78 is 5.65. The number of amides is 1. The number of piperidine rings is 1. The molecule has 2 fully saturated rings. The Balaban J connectivity index is 1.57. The van der Waals surface area contributed by atoms with E-state index in [1.807, 2.05) is 23.1 Å². The van der Waals surface area contributed by atoms with Crippen molar-refractivity contribution in [2.24, 2.45) is 0 Å². The van der Waals surface area contributed by atoms with Crippen LogP contribution in [0.15, 0.2) is 24.3 Å². The molecule has 126 valence electrons. The highest BCUT2D eigenvalue weighted by Gasteiger charge is 2.37. The minimum atomic E-state index is -0.934. The van der Waals surface area contributed by atoms with Crippen molar-refractivity contribution in [2.45, 2.75) is 50.2 Å². The van der Waals surface area contributed by atoms with E-state index in [4.69, 9.17) is 16.3 Å². The number of aliphatic hydroxyl groups is 1. The summed E-state index contributed by atoms with van der Waals surface area (Å²) in [6.07, 6.45) is 4.79. The molecule has 2 aliphatic rings. The average Bonchev–Trinajstić information content (AvgIpc) is 2.56. The topological polar surface area (TPSA) is 49.8 Å². The van der Waals surface area contributed by atoms with Crippen molar-refractivity contribution in [1.82, 2.24) is 4.90 Å². The van der Waals surface area contributed by atoms with Crippen LogP contribution in [0.3, 0.4) is 0 Å². The van der Waals surface area contributed by atoms with Crippen molar-refractivity contribution in [3.63, 3.8) is 0 Å². The predicted molar refractivity (Wildman–Crippen MR) is 89.4 cm³/mol. The number of hydrogen-bond acceptors (Lipinski definition) is 3. The Hall–Kier alpha value is -1.10. The smallest absolute Gasteiger partial charge is 0.225 e. The van der Waals surface area contributed by atoms with Crippen LogP contribution in [0.2, 0.25) is 5.02 Å². The van der Waals surface area contributed by atoms with Crippen LogP contribution in [0, 0.1) is 0 Å². The first kappa shape index (κ1) is 16.7. The van der Waals surface area contributed by atoms with Crippen molar-refractivity contribution in [3.8, 4) is 0 Å². The molecule has 0 radical (unpaired) electrons. The molecule has 1 amide bonds. The predicted octanol–water partition coefficient (Wildman–Crippen LogP) is 3.11. The molecule has 0 saturated carbocycles. The van der Waals surface area contributed by atoms with E-state index < -0.39 is 5.60 Å². The molecule has 0 spiro atoms. The summed E-state index contributed by atoms with van der Waals surface area (Å²) in [5.74, 6) is 0.137. The minimum Gasteiger partial charge on any atom is -0.385 e. The Bertz CT molecular complexity index is 549. The number of likely N-dealkylation sites (tertiary alicyclic amines) is 1. The fourth-order valence-electron chi connectivity index (χ4n) is 3.53. The standard InChI is InChI=1S/C18H24ClNO3/c19-16-7-2-1-6-15(16)18(22)8-10-20(11-9-18)17(21)13-14-5-3-4-12-23-14/h1-2,6-7,14,22H,3-5,8-13H2. The molecular formula is C18H24ClNO3. The van der Waals surface area contributed by atoms with Gasteiger partial charge in [-0.05, 0) is 38.2 Å². The SMILES string of the molecule is O=C(CC1CCCCO1)N1CCC(O)(c2ccccc2Cl)CC1. The van der Waals surface area contributed by atoms with Crippen LogP contribution in [0.25, 0.3) is 0 Å². The van der Waals surface area contributed by atoms with E-state index in [0.717, 1.165) is 31.4 Å². The van der Waals surface area contributed by atoms with Crippen molar-refractivity contribution >= 4 is 17.5 Å². The molecule has 1 aromatic rings. The van der Waals surface area contributed by atoms with E-state index in [1.54, 1.807) is 6.07 Å². The van der Waals surface area contributed by atoms with Crippen LogP contribution in [0.5, 0.6) is 0 Å². The number of rotatable bonds is 3. The second-order valence-corrected chi connectivity index (χ2v) is 6.99. The van der Waals surface area contributed by atoms with E-state index in [1.165, 1.54) is 0 Å². The van der Waals surface area contributed by atoms with E-state index in [2.05, 4.69) is 0 Å². The van der Waals surface area contributed by atoms with Crippen LogP contribution in [-0.2, 0) is 15.1 Å². The molecule has 4 nitrogen and oxygen atoms in total. The lowest BCUT2D eigenvalue weighted by Gasteiger charge is -2.39. The number of ether oxygens (including phenoxy) is 1. The highest BCUT2D eigenvalue weighted by atomic mass is 35.5. The van der Waals surface area contributed by atoms with Gasteiger partial charge in [-0.1, -0.05) is 29.8 Å². The molecule has 1 N–H and O–H groups in total. The number of nitrogens with zero attached hydrogens (tertiary/aromatic N) is 1. The molecule has 23 heavy (non-hydrogen) atoms. The van der Waals surface area contributed by atoms with Crippen LogP contribution in [0.1, 0.15) is 44.1 Å². The lowest BCUT2D eigenvalue weighted by molar-refractivity contribution is -0.139. The maximum Gasteiger partial charge on any atom is 0.225 e. The third-order valence-corrected chi connectivity index (χ3v) is 5.32. The Kier molecular flexibility index (Phi) is 5.24. The van der Waals surface area contributed by atoms with Gasteiger partial charge in [0.15, 0.2) is 0 Å². The van der Waals surface area contributed by atoms with Crippen LogP contribution >= 0.6 is 11.6 Å². The zero-order valence-corrected chi connectivity index (χ0v) is 14.1. The Morgan fingerprint density at radius 3 is 2.70 bits per heavy atom. The molecule has 2 aliphatic heterocycles. The zero-order valence-electron chi connectivity index (χ0n) is 13.3. The van der Waals surface area contributed by atoms with Crippen LogP contribution in [-0.4, -0.2) is 41.7 Å². The van der Waals surface area contributed by atoms with Gasteiger partial charge in [0.2, 0.25) is 5.91 Å². The molecule has 0 aromatic heterocycles. The Morgan fingerprint density at radius 2 is 2.04 bits per heavy atom. The summed E-state index contributed by atoms with van der Waals surface area (Å²) in [5, 5.41) is 11.5. The number of carbonyl (C=O) groups is 1. The quantitative estimate of drug-likeness (QED) is 0.922. The number of halogens is 1. The van der Waals surface area contributed by atoms with Crippen molar-refractivity contribution in [3.05, 3.63) is 34.9 Å². The fraction of sp³-hybridized carbons (Fsp3) is 0.611. The summed E-state index contributed by atoms with van der Waals surface area (Å²) in [7, 11) is 0. The number of hydrogen-bond donors (Lipinski definition) is 1. The molecule has 3 rings (SSSR count). The Labute approximate surface area is 142 Å². The number of carbonyl (C=O) groups excluding carboxylic acids is 1.